The molecule has 1 aromatic rings. The van der Waals surface area contributed by atoms with Crippen LogP contribution in [0.2, 0.25) is 0 Å². The molecule has 20 heavy (non-hydrogen) atoms. The van der Waals surface area contributed by atoms with Gasteiger partial charge < -0.3 is 15.3 Å². The van der Waals surface area contributed by atoms with Gasteiger partial charge in [0.05, 0.1) is 0 Å². The number of aromatic hydroxyl groups is 3. The van der Waals surface area contributed by atoms with Crippen LogP contribution in [-0.2, 0) is 6.42 Å². The summed E-state index contributed by atoms with van der Waals surface area (Å²) in [5.74, 6) is -0.954. The minimum atomic E-state index is -0.443. The quantitative estimate of drug-likeness (QED) is 0.553. The highest BCUT2D eigenvalue weighted by atomic mass is 16.3. The van der Waals surface area contributed by atoms with E-state index in [4.69, 9.17) is 0 Å². The summed E-state index contributed by atoms with van der Waals surface area (Å²) in [5.41, 5.74) is 3.98. The molecule has 3 nitrogen and oxygen atoms in total. The number of phenols is 3. The summed E-state index contributed by atoms with van der Waals surface area (Å²) in [4.78, 5) is 0. The van der Waals surface area contributed by atoms with E-state index >= 15 is 0 Å². The van der Waals surface area contributed by atoms with Crippen molar-refractivity contribution in [3.63, 3.8) is 0 Å². The first-order chi connectivity index (χ1) is 9.32. The molecule has 0 bridgehead atoms. The standard InChI is InChI=1S/C17H24O3/c1-11(2)6-5-7-12(3)8-9-14-13(4)10-15(18)17(20)16(14)19/h6,8,10,18-20H,5,7,9H2,1-4H3/b12-8+. The second kappa shape index (κ2) is 7.04. The highest BCUT2D eigenvalue weighted by Gasteiger charge is 2.13. The SMILES string of the molecule is CC(C)=CCC/C(C)=C/Cc1c(C)cc(O)c(O)c1O. The van der Waals surface area contributed by atoms with Crippen molar-refractivity contribution >= 4 is 0 Å². The second-order valence-electron chi connectivity index (χ2n) is 5.46. The normalized spacial score (nSPS) is 11.5. The fraction of sp³-hybridized carbons (Fsp3) is 0.412. The first kappa shape index (κ1) is 16.2. The van der Waals surface area contributed by atoms with Crippen molar-refractivity contribution < 1.29 is 15.3 Å². The highest BCUT2D eigenvalue weighted by Crippen LogP contribution is 2.39. The maximum atomic E-state index is 9.87. The number of hydrogen-bond donors (Lipinski definition) is 3. The molecule has 0 saturated heterocycles. The van der Waals surface area contributed by atoms with Gasteiger partial charge in [0, 0.05) is 5.56 Å². The van der Waals surface area contributed by atoms with Crippen molar-refractivity contribution in [2.45, 2.75) is 47.0 Å². The maximum Gasteiger partial charge on any atom is 0.200 e. The Bertz CT molecular complexity index is 536. The number of allylic oxidation sites excluding steroid dienone is 4. The van der Waals surface area contributed by atoms with Crippen molar-refractivity contribution in [1.29, 1.82) is 0 Å². The van der Waals surface area contributed by atoms with E-state index in [-0.39, 0.29) is 11.5 Å². The molecule has 0 saturated carbocycles. The average Bonchev–Trinajstić information content (AvgIpc) is 2.35. The molecule has 0 aliphatic carbocycles. The van der Waals surface area contributed by atoms with Gasteiger partial charge in [0.1, 0.15) is 0 Å². The van der Waals surface area contributed by atoms with Gasteiger partial charge in [-0.3, -0.25) is 0 Å². The molecule has 3 heteroatoms. The Morgan fingerprint density at radius 3 is 2.30 bits per heavy atom. The lowest BCUT2D eigenvalue weighted by Crippen LogP contribution is -1.90. The predicted octanol–water partition coefficient (Wildman–Crippen LogP) is 4.35. The Morgan fingerprint density at radius 2 is 1.70 bits per heavy atom. The van der Waals surface area contributed by atoms with Gasteiger partial charge in [-0.05, 0) is 58.6 Å². The summed E-state index contributed by atoms with van der Waals surface area (Å²) in [6.45, 7) is 8.03. The molecule has 0 fully saturated rings. The Balaban J connectivity index is 2.79. The first-order valence-corrected chi connectivity index (χ1v) is 6.85. The van der Waals surface area contributed by atoms with E-state index in [0.717, 1.165) is 18.4 Å². The van der Waals surface area contributed by atoms with Crippen molar-refractivity contribution in [2.24, 2.45) is 0 Å². The zero-order valence-corrected chi connectivity index (χ0v) is 12.7. The Labute approximate surface area is 120 Å². The summed E-state index contributed by atoms with van der Waals surface area (Å²) in [5, 5.41) is 28.8. The van der Waals surface area contributed by atoms with Gasteiger partial charge in [0.2, 0.25) is 5.75 Å². The summed E-state index contributed by atoms with van der Waals surface area (Å²) < 4.78 is 0. The molecular formula is C17H24O3. The molecule has 0 spiro atoms. The van der Waals surface area contributed by atoms with Gasteiger partial charge in [-0.1, -0.05) is 23.3 Å². The molecule has 0 amide bonds. The molecule has 0 heterocycles. The molecule has 0 aromatic heterocycles. The second-order valence-corrected chi connectivity index (χ2v) is 5.46. The number of hydrogen-bond acceptors (Lipinski definition) is 3. The molecular weight excluding hydrogens is 252 g/mol. The highest BCUT2D eigenvalue weighted by molar-refractivity contribution is 5.57. The van der Waals surface area contributed by atoms with Crippen molar-refractivity contribution in [3.8, 4) is 17.2 Å². The minimum absolute atomic E-state index is 0.226. The summed E-state index contributed by atoms with van der Waals surface area (Å²) in [6.07, 6.45) is 6.79. The largest absolute Gasteiger partial charge is 0.504 e. The van der Waals surface area contributed by atoms with Crippen LogP contribution in [0, 0.1) is 6.92 Å². The molecule has 0 unspecified atom stereocenters. The smallest absolute Gasteiger partial charge is 0.200 e. The third kappa shape index (κ3) is 4.34. The van der Waals surface area contributed by atoms with Gasteiger partial charge in [0.25, 0.3) is 0 Å². The molecule has 1 aromatic carbocycles. The van der Waals surface area contributed by atoms with E-state index in [1.807, 2.05) is 0 Å². The average molecular weight is 276 g/mol. The lowest BCUT2D eigenvalue weighted by atomic mass is 10.0. The van der Waals surface area contributed by atoms with Crippen molar-refractivity contribution in [3.05, 3.63) is 40.5 Å². The Hall–Kier alpha value is -1.90. The molecule has 0 radical (unpaired) electrons. The minimum Gasteiger partial charge on any atom is -0.504 e. The monoisotopic (exact) mass is 276 g/mol. The number of rotatable bonds is 5. The van der Waals surface area contributed by atoms with Crippen LogP contribution in [0.4, 0.5) is 0 Å². The number of aryl methyl sites for hydroxylation is 1. The molecule has 3 N–H and O–H groups in total. The number of benzene rings is 1. The molecule has 0 aliphatic rings. The van der Waals surface area contributed by atoms with E-state index < -0.39 is 5.75 Å². The summed E-state index contributed by atoms with van der Waals surface area (Å²) in [7, 11) is 0. The summed E-state index contributed by atoms with van der Waals surface area (Å²) >= 11 is 0. The molecule has 1 rings (SSSR count). The third-order valence-electron chi connectivity index (χ3n) is 3.33. The lowest BCUT2D eigenvalue weighted by molar-refractivity contribution is 0.365. The van der Waals surface area contributed by atoms with Crippen molar-refractivity contribution in [1.82, 2.24) is 0 Å². The van der Waals surface area contributed by atoms with Crippen molar-refractivity contribution in [2.75, 3.05) is 0 Å². The first-order valence-electron chi connectivity index (χ1n) is 6.85. The van der Waals surface area contributed by atoms with E-state index in [1.54, 1.807) is 6.92 Å². The van der Waals surface area contributed by atoms with Gasteiger partial charge in [-0.15, -0.1) is 0 Å². The van der Waals surface area contributed by atoms with E-state index in [9.17, 15) is 15.3 Å². The van der Waals surface area contributed by atoms with Gasteiger partial charge in [-0.25, -0.2) is 0 Å². The van der Waals surface area contributed by atoms with Gasteiger partial charge in [-0.2, -0.15) is 0 Å². The molecule has 0 aliphatic heterocycles. The van der Waals surface area contributed by atoms with E-state index in [1.165, 1.54) is 17.2 Å². The molecule has 110 valence electrons. The van der Waals surface area contributed by atoms with Crippen LogP contribution in [0.3, 0.4) is 0 Å². The van der Waals surface area contributed by atoms with E-state index in [2.05, 4.69) is 32.9 Å². The number of phenolic OH excluding ortho intramolecular Hbond substituents is 3. The van der Waals surface area contributed by atoms with Crippen LogP contribution in [0.15, 0.2) is 29.4 Å². The third-order valence-corrected chi connectivity index (χ3v) is 3.33. The van der Waals surface area contributed by atoms with Gasteiger partial charge >= 0.3 is 0 Å². The zero-order chi connectivity index (χ0) is 15.3. The van der Waals surface area contributed by atoms with Crippen LogP contribution in [-0.4, -0.2) is 15.3 Å². The predicted molar refractivity (Wildman–Crippen MR) is 82.3 cm³/mol. The van der Waals surface area contributed by atoms with Crippen LogP contribution in [0.25, 0.3) is 0 Å². The fourth-order valence-electron chi connectivity index (χ4n) is 2.04. The maximum absolute atomic E-state index is 9.87. The Morgan fingerprint density at radius 1 is 1.05 bits per heavy atom. The fourth-order valence-corrected chi connectivity index (χ4v) is 2.04. The van der Waals surface area contributed by atoms with Crippen LogP contribution >= 0.6 is 0 Å². The van der Waals surface area contributed by atoms with E-state index in [0.29, 0.717) is 12.0 Å². The summed E-state index contributed by atoms with van der Waals surface area (Å²) in [6, 6.07) is 1.47. The van der Waals surface area contributed by atoms with Crippen LogP contribution < -0.4 is 0 Å². The Kier molecular flexibility index (Phi) is 5.68. The van der Waals surface area contributed by atoms with Gasteiger partial charge in [0.15, 0.2) is 11.5 Å². The zero-order valence-electron chi connectivity index (χ0n) is 12.7. The molecule has 0 atom stereocenters. The van der Waals surface area contributed by atoms with Crippen LogP contribution in [0.1, 0.15) is 44.7 Å². The lowest BCUT2D eigenvalue weighted by Gasteiger charge is -2.10. The topological polar surface area (TPSA) is 60.7 Å². The van der Waals surface area contributed by atoms with Crippen LogP contribution in [0.5, 0.6) is 17.2 Å².